The second-order valence-electron chi connectivity index (χ2n) is 4.86. The van der Waals surface area contributed by atoms with Crippen molar-refractivity contribution < 1.29 is 14.3 Å². The smallest absolute Gasteiger partial charge is 0.329 e. The van der Waals surface area contributed by atoms with Crippen LogP contribution in [0.1, 0.15) is 12.8 Å². The van der Waals surface area contributed by atoms with Crippen LogP contribution in [0, 0.1) is 0 Å². The van der Waals surface area contributed by atoms with Crippen molar-refractivity contribution >= 4 is 40.8 Å². The molecule has 2 fully saturated rings. The van der Waals surface area contributed by atoms with Gasteiger partial charge in [0.1, 0.15) is 5.54 Å². The zero-order valence-electron chi connectivity index (χ0n) is 10.5. The first kappa shape index (κ1) is 13.7. The van der Waals surface area contributed by atoms with Gasteiger partial charge < -0.3 is 10.1 Å². The van der Waals surface area contributed by atoms with E-state index in [0.717, 1.165) is 4.90 Å². The number of hydrogen-bond donors (Lipinski definition) is 1. The fourth-order valence-electron chi connectivity index (χ4n) is 2.54. The molecule has 20 heavy (non-hydrogen) atoms. The SMILES string of the molecule is O=C1NC2(CCOCC2)C(=O)N1c1ccc(Cl)c(Cl)c1. The van der Waals surface area contributed by atoms with Gasteiger partial charge in [0.2, 0.25) is 0 Å². The molecule has 3 rings (SSSR count). The number of carbonyl (C=O) groups is 2. The third-order valence-corrected chi connectivity index (χ3v) is 4.41. The van der Waals surface area contributed by atoms with Gasteiger partial charge in [0.15, 0.2) is 0 Å². The molecule has 1 aromatic carbocycles. The Hall–Kier alpha value is -1.30. The number of benzene rings is 1. The molecule has 2 aliphatic rings. The standard InChI is InChI=1S/C13H12Cl2N2O3/c14-9-2-1-8(7-10(9)15)17-11(18)13(16-12(17)19)3-5-20-6-4-13/h1-2,7H,3-6H2,(H,16,19). The van der Waals surface area contributed by atoms with E-state index >= 15 is 0 Å². The molecule has 1 spiro atoms. The molecule has 2 saturated heterocycles. The minimum Gasteiger partial charge on any atom is -0.381 e. The second kappa shape index (κ2) is 4.91. The van der Waals surface area contributed by atoms with Gasteiger partial charge in [0.25, 0.3) is 5.91 Å². The van der Waals surface area contributed by atoms with Crippen LogP contribution in [0.4, 0.5) is 10.5 Å². The fraction of sp³-hybridized carbons (Fsp3) is 0.385. The van der Waals surface area contributed by atoms with E-state index in [1.54, 1.807) is 12.1 Å². The average molecular weight is 315 g/mol. The van der Waals surface area contributed by atoms with Gasteiger partial charge in [-0.15, -0.1) is 0 Å². The van der Waals surface area contributed by atoms with Crippen LogP contribution >= 0.6 is 23.2 Å². The van der Waals surface area contributed by atoms with Crippen molar-refractivity contribution in [3.05, 3.63) is 28.2 Å². The van der Waals surface area contributed by atoms with Crippen molar-refractivity contribution in [1.82, 2.24) is 5.32 Å². The lowest BCUT2D eigenvalue weighted by Gasteiger charge is -2.30. The van der Waals surface area contributed by atoms with Crippen molar-refractivity contribution in [2.75, 3.05) is 18.1 Å². The number of amides is 3. The highest BCUT2D eigenvalue weighted by Gasteiger charge is 2.52. The molecular formula is C13H12Cl2N2O3. The summed E-state index contributed by atoms with van der Waals surface area (Å²) in [7, 11) is 0. The van der Waals surface area contributed by atoms with Crippen molar-refractivity contribution in [2.24, 2.45) is 0 Å². The summed E-state index contributed by atoms with van der Waals surface area (Å²) in [5.41, 5.74) is -0.424. The molecule has 0 saturated carbocycles. The summed E-state index contributed by atoms with van der Waals surface area (Å²) in [4.78, 5) is 25.9. The van der Waals surface area contributed by atoms with Gasteiger partial charge in [-0.25, -0.2) is 9.69 Å². The van der Waals surface area contributed by atoms with Crippen LogP contribution in [-0.4, -0.2) is 30.7 Å². The van der Waals surface area contributed by atoms with E-state index in [2.05, 4.69) is 5.32 Å². The Labute approximate surface area is 125 Å². The predicted octanol–water partition coefficient (Wildman–Crippen LogP) is 2.60. The number of carbonyl (C=O) groups excluding carboxylic acids is 2. The van der Waals surface area contributed by atoms with E-state index < -0.39 is 11.6 Å². The highest BCUT2D eigenvalue weighted by Crippen LogP contribution is 2.34. The number of halogens is 2. The van der Waals surface area contributed by atoms with E-state index in [4.69, 9.17) is 27.9 Å². The number of nitrogens with zero attached hydrogens (tertiary/aromatic N) is 1. The first-order chi connectivity index (χ1) is 9.53. The van der Waals surface area contributed by atoms with Crippen molar-refractivity contribution in [1.29, 1.82) is 0 Å². The molecule has 2 heterocycles. The summed E-state index contributed by atoms with van der Waals surface area (Å²) in [6.45, 7) is 0.919. The summed E-state index contributed by atoms with van der Waals surface area (Å²) >= 11 is 11.8. The summed E-state index contributed by atoms with van der Waals surface area (Å²) in [5, 5.41) is 3.46. The second-order valence-corrected chi connectivity index (χ2v) is 5.68. The lowest BCUT2D eigenvalue weighted by molar-refractivity contribution is -0.125. The lowest BCUT2D eigenvalue weighted by Crippen LogP contribution is -2.51. The lowest BCUT2D eigenvalue weighted by atomic mass is 9.90. The predicted molar refractivity (Wildman–Crippen MR) is 75.3 cm³/mol. The molecule has 0 aromatic heterocycles. The Morgan fingerprint density at radius 1 is 1.15 bits per heavy atom. The van der Waals surface area contributed by atoms with Crippen LogP contribution in [0.3, 0.4) is 0 Å². The number of nitrogens with one attached hydrogen (secondary N) is 1. The molecule has 2 aliphatic heterocycles. The van der Waals surface area contributed by atoms with Crippen LogP contribution in [-0.2, 0) is 9.53 Å². The Bertz CT molecular complexity index is 585. The van der Waals surface area contributed by atoms with Gasteiger partial charge in [-0.1, -0.05) is 23.2 Å². The van der Waals surface area contributed by atoms with Crippen LogP contribution in [0.2, 0.25) is 10.0 Å². The zero-order valence-corrected chi connectivity index (χ0v) is 12.0. The minimum atomic E-state index is -0.846. The highest BCUT2D eigenvalue weighted by atomic mass is 35.5. The van der Waals surface area contributed by atoms with Gasteiger partial charge in [-0.2, -0.15) is 0 Å². The van der Waals surface area contributed by atoms with Gasteiger partial charge in [0.05, 0.1) is 15.7 Å². The molecule has 106 valence electrons. The number of imide groups is 1. The van der Waals surface area contributed by atoms with Crippen molar-refractivity contribution in [3.8, 4) is 0 Å². The molecular weight excluding hydrogens is 303 g/mol. The number of ether oxygens (including phenoxy) is 1. The molecule has 0 radical (unpaired) electrons. The molecule has 0 unspecified atom stereocenters. The van der Waals surface area contributed by atoms with Gasteiger partial charge in [0, 0.05) is 26.1 Å². The fourth-order valence-corrected chi connectivity index (χ4v) is 2.83. The molecule has 7 heteroatoms. The Morgan fingerprint density at radius 3 is 2.50 bits per heavy atom. The van der Waals surface area contributed by atoms with Crippen LogP contribution in [0.5, 0.6) is 0 Å². The first-order valence-electron chi connectivity index (χ1n) is 6.23. The third kappa shape index (κ3) is 2.06. The molecule has 1 N–H and O–H groups in total. The largest absolute Gasteiger partial charge is 0.381 e. The van der Waals surface area contributed by atoms with Gasteiger partial charge >= 0.3 is 6.03 Å². The zero-order chi connectivity index (χ0) is 14.3. The number of anilines is 1. The van der Waals surface area contributed by atoms with E-state index in [1.165, 1.54) is 6.07 Å². The maximum Gasteiger partial charge on any atom is 0.329 e. The molecule has 0 atom stereocenters. The topological polar surface area (TPSA) is 58.6 Å². The molecule has 3 amide bonds. The summed E-state index contributed by atoms with van der Waals surface area (Å²) < 4.78 is 5.25. The molecule has 0 bridgehead atoms. The Balaban J connectivity index is 1.95. The van der Waals surface area contributed by atoms with E-state index in [0.29, 0.717) is 41.8 Å². The van der Waals surface area contributed by atoms with E-state index in [9.17, 15) is 9.59 Å². The maximum absolute atomic E-state index is 12.6. The van der Waals surface area contributed by atoms with Gasteiger partial charge in [-0.05, 0) is 18.2 Å². The van der Waals surface area contributed by atoms with Crippen molar-refractivity contribution in [3.63, 3.8) is 0 Å². The third-order valence-electron chi connectivity index (χ3n) is 3.67. The Morgan fingerprint density at radius 2 is 1.85 bits per heavy atom. The molecule has 1 aromatic rings. The quantitative estimate of drug-likeness (QED) is 0.811. The monoisotopic (exact) mass is 314 g/mol. The Kier molecular flexibility index (Phi) is 3.36. The number of urea groups is 1. The minimum absolute atomic E-state index is 0.260. The number of hydrogen-bond acceptors (Lipinski definition) is 3. The summed E-state index contributed by atoms with van der Waals surface area (Å²) in [6.07, 6.45) is 0.963. The molecule has 0 aliphatic carbocycles. The highest BCUT2D eigenvalue weighted by molar-refractivity contribution is 6.42. The van der Waals surface area contributed by atoms with Crippen LogP contribution in [0.15, 0.2) is 18.2 Å². The first-order valence-corrected chi connectivity index (χ1v) is 6.99. The van der Waals surface area contributed by atoms with Crippen LogP contribution in [0.25, 0.3) is 0 Å². The van der Waals surface area contributed by atoms with E-state index in [-0.39, 0.29) is 5.91 Å². The normalized spacial score (nSPS) is 21.4. The van der Waals surface area contributed by atoms with Crippen molar-refractivity contribution in [2.45, 2.75) is 18.4 Å². The van der Waals surface area contributed by atoms with E-state index in [1.807, 2.05) is 0 Å². The maximum atomic E-state index is 12.6. The average Bonchev–Trinajstić information content (AvgIpc) is 2.66. The van der Waals surface area contributed by atoms with Gasteiger partial charge in [-0.3, -0.25) is 4.79 Å². The van der Waals surface area contributed by atoms with Crippen LogP contribution < -0.4 is 10.2 Å². The molecule has 5 nitrogen and oxygen atoms in total. The number of rotatable bonds is 1. The summed E-state index contributed by atoms with van der Waals surface area (Å²) in [5.74, 6) is -0.260. The summed E-state index contributed by atoms with van der Waals surface area (Å²) in [6, 6.07) is 4.24.